The van der Waals surface area contributed by atoms with Crippen LogP contribution in [0.25, 0.3) is 0 Å². The zero-order valence-electron chi connectivity index (χ0n) is 9.08. The van der Waals surface area contributed by atoms with Crippen LogP contribution in [-0.4, -0.2) is 5.78 Å². The van der Waals surface area contributed by atoms with Gasteiger partial charge in [0.15, 0.2) is 5.78 Å². The molecule has 0 saturated heterocycles. The van der Waals surface area contributed by atoms with Crippen LogP contribution in [0, 0.1) is 5.82 Å². The van der Waals surface area contributed by atoms with Crippen LogP contribution in [0.4, 0.5) is 10.1 Å². The van der Waals surface area contributed by atoms with Gasteiger partial charge in [0.05, 0.1) is 4.47 Å². The van der Waals surface area contributed by atoms with E-state index in [0.717, 1.165) is 0 Å². The van der Waals surface area contributed by atoms with Crippen molar-refractivity contribution < 1.29 is 9.18 Å². The van der Waals surface area contributed by atoms with Crippen LogP contribution in [0.2, 0.25) is 5.02 Å². The van der Waals surface area contributed by atoms with Gasteiger partial charge in [-0.1, -0.05) is 11.6 Å². The Balaban J connectivity index is 2.44. The Morgan fingerprint density at radius 2 is 1.94 bits per heavy atom. The molecular weight excluding hydrogens is 321 g/mol. The summed E-state index contributed by atoms with van der Waals surface area (Å²) in [6.07, 6.45) is 0. The van der Waals surface area contributed by atoms with E-state index in [2.05, 4.69) is 15.9 Å². The Bertz CT molecular complexity index is 630. The first-order chi connectivity index (χ1) is 8.49. The summed E-state index contributed by atoms with van der Waals surface area (Å²) < 4.78 is 13.3. The number of benzene rings is 2. The van der Waals surface area contributed by atoms with Crippen LogP contribution in [0.15, 0.2) is 40.9 Å². The predicted molar refractivity (Wildman–Crippen MR) is 73.4 cm³/mol. The lowest BCUT2D eigenvalue weighted by Crippen LogP contribution is -2.05. The van der Waals surface area contributed by atoms with Gasteiger partial charge in [0.25, 0.3) is 0 Å². The molecule has 18 heavy (non-hydrogen) atoms. The highest BCUT2D eigenvalue weighted by Crippen LogP contribution is 2.23. The van der Waals surface area contributed by atoms with Gasteiger partial charge in [-0.3, -0.25) is 4.79 Å². The average molecular weight is 329 g/mol. The second kappa shape index (κ2) is 5.08. The van der Waals surface area contributed by atoms with E-state index in [4.69, 9.17) is 17.3 Å². The van der Waals surface area contributed by atoms with Crippen molar-refractivity contribution in [1.29, 1.82) is 0 Å². The molecular formula is C13H8BrClFNO. The van der Waals surface area contributed by atoms with E-state index in [-0.39, 0.29) is 10.3 Å². The molecule has 92 valence electrons. The maximum atomic E-state index is 13.1. The van der Waals surface area contributed by atoms with Crippen molar-refractivity contribution in [1.82, 2.24) is 0 Å². The molecule has 2 nitrogen and oxygen atoms in total. The number of carbonyl (C=O) groups excluding carboxylic acids is 1. The van der Waals surface area contributed by atoms with Gasteiger partial charge in [-0.15, -0.1) is 0 Å². The van der Waals surface area contributed by atoms with E-state index in [1.165, 1.54) is 24.3 Å². The van der Waals surface area contributed by atoms with Gasteiger partial charge in [0.2, 0.25) is 0 Å². The molecule has 0 atom stereocenters. The number of nitrogen functional groups attached to an aromatic ring is 1. The Labute approximate surface area is 117 Å². The minimum absolute atomic E-state index is 0.237. The molecule has 0 aliphatic rings. The number of nitrogens with two attached hydrogens (primary N) is 1. The van der Waals surface area contributed by atoms with Crippen LogP contribution in [0.5, 0.6) is 0 Å². The first-order valence-electron chi connectivity index (χ1n) is 5.04. The van der Waals surface area contributed by atoms with Crippen molar-refractivity contribution in [3.8, 4) is 0 Å². The van der Waals surface area contributed by atoms with Crippen LogP contribution >= 0.6 is 27.5 Å². The molecule has 0 amide bonds. The summed E-state index contributed by atoms with van der Waals surface area (Å²) >= 11 is 8.80. The van der Waals surface area contributed by atoms with E-state index in [1.54, 1.807) is 12.1 Å². The van der Waals surface area contributed by atoms with Gasteiger partial charge in [-0.2, -0.15) is 0 Å². The molecule has 0 aliphatic heterocycles. The topological polar surface area (TPSA) is 43.1 Å². The number of carbonyl (C=O) groups is 1. The third-order valence-corrected chi connectivity index (χ3v) is 3.28. The van der Waals surface area contributed by atoms with Crippen LogP contribution in [0.1, 0.15) is 15.9 Å². The molecule has 0 fully saturated rings. The van der Waals surface area contributed by atoms with Gasteiger partial charge in [-0.25, -0.2) is 4.39 Å². The first kappa shape index (κ1) is 13.1. The summed E-state index contributed by atoms with van der Waals surface area (Å²) in [4.78, 5) is 12.2. The third kappa shape index (κ3) is 2.54. The molecule has 0 unspecified atom stereocenters. The van der Waals surface area contributed by atoms with Gasteiger partial charge >= 0.3 is 0 Å². The second-order valence-corrected chi connectivity index (χ2v) is 4.98. The third-order valence-electron chi connectivity index (χ3n) is 2.44. The highest BCUT2D eigenvalue weighted by molar-refractivity contribution is 9.10. The molecule has 0 aromatic heterocycles. The summed E-state index contributed by atoms with van der Waals surface area (Å²) in [5.41, 5.74) is 6.74. The summed E-state index contributed by atoms with van der Waals surface area (Å²) in [5, 5.41) is 0.462. The fourth-order valence-corrected chi connectivity index (χ4v) is 2.09. The number of hydrogen-bond donors (Lipinski definition) is 1. The molecule has 0 heterocycles. The molecule has 0 saturated carbocycles. The molecule has 0 radical (unpaired) electrons. The Morgan fingerprint density at radius 1 is 1.22 bits per heavy atom. The zero-order valence-corrected chi connectivity index (χ0v) is 11.4. The molecule has 2 aromatic rings. The van der Waals surface area contributed by atoms with Gasteiger partial charge in [0, 0.05) is 21.8 Å². The minimum Gasteiger partial charge on any atom is -0.398 e. The second-order valence-electron chi connectivity index (χ2n) is 3.69. The van der Waals surface area contributed by atoms with E-state index in [9.17, 15) is 9.18 Å². The molecule has 2 aromatic carbocycles. The largest absolute Gasteiger partial charge is 0.398 e. The fourth-order valence-electron chi connectivity index (χ4n) is 1.53. The fraction of sp³-hybridized carbons (Fsp3) is 0. The summed E-state index contributed by atoms with van der Waals surface area (Å²) in [5.74, 6) is -0.694. The molecule has 0 aliphatic carbocycles. The first-order valence-corrected chi connectivity index (χ1v) is 6.21. The lowest BCUT2D eigenvalue weighted by molar-refractivity contribution is 0.103. The quantitative estimate of drug-likeness (QED) is 0.667. The average Bonchev–Trinajstić information content (AvgIpc) is 2.32. The highest BCUT2D eigenvalue weighted by atomic mass is 79.9. The van der Waals surface area contributed by atoms with Crippen molar-refractivity contribution in [2.24, 2.45) is 0 Å². The predicted octanol–water partition coefficient (Wildman–Crippen LogP) is 4.05. The van der Waals surface area contributed by atoms with Crippen molar-refractivity contribution in [2.45, 2.75) is 0 Å². The number of ketones is 1. The van der Waals surface area contributed by atoms with Crippen molar-refractivity contribution in [3.05, 3.63) is 62.8 Å². The van der Waals surface area contributed by atoms with Gasteiger partial charge in [0.1, 0.15) is 5.82 Å². The lowest BCUT2D eigenvalue weighted by atomic mass is 10.0. The minimum atomic E-state index is -0.421. The molecule has 2 N–H and O–H groups in total. The summed E-state index contributed by atoms with van der Waals surface area (Å²) in [7, 11) is 0. The molecule has 2 rings (SSSR count). The van der Waals surface area contributed by atoms with E-state index in [1.807, 2.05) is 0 Å². The smallest absolute Gasteiger partial charge is 0.195 e. The number of hydrogen-bond acceptors (Lipinski definition) is 2. The number of anilines is 1. The Morgan fingerprint density at radius 3 is 2.56 bits per heavy atom. The summed E-state index contributed by atoms with van der Waals surface area (Å²) in [6, 6.07) is 8.71. The zero-order chi connectivity index (χ0) is 13.3. The van der Waals surface area contributed by atoms with Crippen LogP contribution in [-0.2, 0) is 0 Å². The maximum absolute atomic E-state index is 13.1. The van der Waals surface area contributed by atoms with Gasteiger partial charge < -0.3 is 5.73 Å². The van der Waals surface area contributed by atoms with Crippen LogP contribution in [0.3, 0.4) is 0 Å². The van der Waals surface area contributed by atoms with E-state index >= 15 is 0 Å². The lowest BCUT2D eigenvalue weighted by Gasteiger charge is -2.06. The summed E-state index contributed by atoms with van der Waals surface area (Å²) in [6.45, 7) is 0. The number of rotatable bonds is 2. The Hall–Kier alpha value is -1.39. The van der Waals surface area contributed by atoms with E-state index in [0.29, 0.717) is 21.8 Å². The van der Waals surface area contributed by atoms with Crippen molar-refractivity contribution >= 4 is 39.0 Å². The standard InChI is InChI=1S/C13H8BrClFNO/c14-10-5-7(1-4-11(10)16)13(18)9-3-2-8(15)6-12(9)17/h1-6H,17H2. The molecule has 0 bridgehead atoms. The SMILES string of the molecule is Nc1cc(Cl)ccc1C(=O)c1ccc(F)c(Br)c1. The van der Waals surface area contributed by atoms with Crippen molar-refractivity contribution in [2.75, 3.05) is 5.73 Å². The molecule has 5 heteroatoms. The van der Waals surface area contributed by atoms with Crippen molar-refractivity contribution in [3.63, 3.8) is 0 Å². The Kier molecular flexibility index (Phi) is 3.68. The van der Waals surface area contributed by atoms with Gasteiger partial charge in [-0.05, 0) is 52.3 Å². The highest BCUT2D eigenvalue weighted by Gasteiger charge is 2.14. The number of halogens is 3. The maximum Gasteiger partial charge on any atom is 0.195 e. The molecule has 0 spiro atoms. The normalized spacial score (nSPS) is 10.4. The van der Waals surface area contributed by atoms with Crippen LogP contribution < -0.4 is 5.73 Å². The van der Waals surface area contributed by atoms with E-state index < -0.39 is 5.82 Å². The monoisotopic (exact) mass is 327 g/mol.